The summed E-state index contributed by atoms with van der Waals surface area (Å²) < 4.78 is 5.28. The summed E-state index contributed by atoms with van der Waals surface area (Å²) in [6.07, 6.45) is 4.60. The molecule has 2 heteroatoms. The van der Waals surface area contributed by atoms with Crippen LogP contribution in [0.15, 0.2) is 24.3 Å². The summed E-state index contributed by atoms with van der Waals surface area (Å²) in [7, 11) is 1.72. The third-order valence-corrected chi connectivity index (χ3v) is 2.34. The third kappa shape index (κ3) is 3.38. The molecule has 1 rings (SSSR count). The molecular formula is C12H19NO. The van der Waals surface area contributed by atoms with E-state index in [1.807, 2.05) is 12.1 Å². The van der Waals surface area contributed by atoms with Crippen molar-refractivity contribution in [2.75, 3.05) is 13.7 Å². The molecule has 0 saturated carbocycles. The van der Waals surface area contributed by atoms with Gasteiger partial charge >= 0.3 is 0 Å². The van der Waals surface area contributed by atoms with Gasteiger partial charge in [0.25, 0.3) is 0 Å². The maximum atomic E-state index is 5.44. The van der Waals surface area contributed by atoms with Gasteiger partial charge in [-0.1, -0.05) is 24.6 Å². The Morgan fingerprint density at radius 2 is 1.93 bits per heavy atom. The summed E-state index contributed by atoms with van der Waals surface area (Å²) in [4.78, 5) is 0. The van der Waals surface area contributed by atoms with Crippen molar-refractivity contribution in [1.82, 2.24) is 0 Å². The maximum absolute atomic E-state index is 5.44. The highest BCUT2D eigenvalue weighted by Crippen LogP contribution is 2.19. The zero-order chi connectivity index (χ0) is 10.2. The Bertz CT molecular complexity index is 260. The SMILES string of the molecule is COc1ccccc1CCCCCN. The normalized spacial score (nSPS) is 10.1. The van der Waals surface area contributed by atoms with Crippen LogP contribution in [-0.2, 0) is 6.42 Å². The van der Waals surface area contributed by atoms with Crippen LogP contribution >= 0.6 is 0 Å². The molecule has 0 atom stereocenters. The van der Waals surface area contributed by atoms with E-state index in [0.29, 0.717) is 0 Å². The van der Waals surface area contributed by atoms with E-state index in [0.717, 1.165) is 25.1 Å². The number of ether oxygens (including phenoxy) is 1. The molecule has 2 N–H and O–H groups in total. The molecule has 0 aliphatic carbocycles. The topological polar surface area (TPSA) is 35.2 Å². The molecule has 0 spiro atoms. The number of hydrogen-bond acceptors (Lipinski definition) is 2. The van der Waals surface area contributed by atoms with E-state index < -0.39 is 0 Å². The summed E-state index contributed by atoms with van der Waals surface area (Å²) in [6.45, 7) is 0.798. The first-order valence-corrected chi connectivity index (χ1v) is 5.20. The highest BCUT2D eigenvalue weighted by molar-refractivity contribution is 5.33. The van der Waals surface area contributed by atoms with Crippen molar-refractivity contribution < 1.29 is 4.74 Å². The number of aryl methyl sites for hydroxylation is 1. The van der Waals surface area contributed by atoms with Crippen LogP contribution in [0.3, 0.4) is 0 Å². The van der Waals surface area contributed by atoms with Gasteiger partial charge in [-0.25, -0.2) is 0 Å². The van der Waals surface area contributed by atoms with Crippen LogP contribution in [0.25, 0.3) is 0 Å². The highest BCUT2D eigenvalue weighted by atomic mass is 16.5. The van der Waals surface area contributed by atoms with Gasteiger partial charge in [-0.15, -0.1) is 0 Å². The van der Waals surface area contributed by atoms with E-state index in [1.165, 1.54) is 18.4 Å². The van der Waals surface area contributed by atoms with Gasteiger partial charge in [0.2, 0.25) is 0 Å². The first-order valence-electron chi connectivity index (χ1n) is 5.20. The Labute approximate surface area is 86.1 Å². The minimum absolute atomic E-state index is 0.798. The van der Waals surface area contributed by atoms with Crippen molar-refractivity contribution in [2.24, 2.45) is 5.73 Å². The first-order chi connectivity index (χ1) is 6.88. The molecule has 14 heavy (non-hydrogen) atoms. The Balaban J connectivity index is 2.41. The molecule has 1 aromatic rings. The molecular weight excluding hydrogens is 174 g/mol. The number of hydrogen-bond donors (Lipinski definition) is 1. The van der Waals surface area contributed by atoms with Crippen molar-refractivity contribution in [3.63, 3.8) is 0 Å². The number of para-hydroxylation sites is 1. The van der Waals surface area contributed by atoms with Gasteiger partial charge in [-0.3, -0.25) is 0 Å². The van der Waals surface area contributed by atoms with Gasteiger partial charge in [0, 0.05) is 0 Å². The van der Waals surface area contributed by atoms with E-state index in [2.05, 4.69) is 12.1 Å². The van der Waals surface area contributed by atoms with E-state index in [-0.39, 0.29) is 0 Å². The molecule has 0 heterocycles. The van der Waals surface area contributed by atoms with Gasteiger partial charge < -0.3 is 10.5 Å². The van der Waals surface area contributed by atoms with Gasteiger partial charge in [0.15, 0.2) is 0 Å². The third-order valence-electron chi connectivity index (χ3n) is 2.34. The van der Waals surface area contributed by atoms with Crippen LogP contribution < -0.4 is 10.5 Å². The number of unbranched alkanes of at least 4 members (excludes halogenated alkanes) is 2. The van der Waals surface area contributed by atoms with Crippen LogP contribution in [0.1, 0.15) is 24.8 Å². The van der Waals surface area contributed by atoms with Crippen molar-refractivity contribution in [3.8, 4) is 5.75 Å². The average molecular weight is 193 g/mol. The van der Waals surface area contributed by atoms with Crippen molar-refractivity contribution in [3.05, 3.63) is 29.8 Å². The molecule has 0 unspecified atom stereocenters. The predicted octanol–water partition coefficient (Wildman–Crippen LogP) is 2.37. The monoisotopic (exact) mass is 193 g/mol. The zero-order valence-electron chi connectivity index (χ0n) is 8.83. The van der Waals surface area contributed by atoms with Gasteiger partial charge in [-0.2, -0.15) is 0 Å². The summed E-state index contributed by atoms with van der Waals surface area (Å²) in [5, 5.41) is 0. The molecule has 0 bridgehead atoms. The van der Waals surface area contributed by atoms with E-state index >= 15 is 0 Å². The van der Waals surface area contributed by atoms with Crippen LogP contribution in [-0.4, -0.2) is 13.7 Å². The predicted molar refractivity (Wildman–Crippen MR) is 59.6 cm³/mol. The zero-order valence-corrected chi connectivity index (χ0v) is 8.83. The molecule has 2 nitrogen and oxygen atoms in total. The lowest BCUT2D eigenvalue weighted by Gasteiger charge is -2.07. The molecule has 78 valence electrons. The van der Waals surface area contributed by atoms with Gasteiger partial charge in [0.1, 0.15) is 5.75 Å². The van der Waals surface area contributed by atoms with E-state index in [4.69, 9.17) is 10.5 Å². The highest BCUT2D eigenvalue weighted by Gasteiger charge is 2.00. The fourth-order valence-electron chi connectivity index (χ4n) is 1.55. The fraction of sp³-hybridized carbons (Fsp3) is 0.500. The lowest BCUT2D eigenvalue weighted by Crippen LogP contribution is -1.98. The van der Waals surface area contributed by atoms with Gasteiger partial charge in [0.05, 0.1) is 7.11 Å². The quantitative estimate of drug-likeness (QED) is 0.704. The maximum Gasteiger partial charge on any atom is 0.122 e. The minimum Gasteiger partial charge on any atom is -0.496 e. The molecule has 0 amide bonds. The van der Waals surface area contributed by atoms with E-state index in [9.17, 15) is 0 Å². The van der Waals surface area contributed by atoms with Crippen molar-refractivity contribution in [1.29, 1.82) is 0 Å². The Morgan fingerprint density at radius 1 is 1.14 bits per heavy atom. The first kappa shape index (κ1) is 11.1. The number of nitrogens with two attached hydrogens (primary N) is 1. The number of methoxy groups -OCH3 is 1. The fourth-order valence-corrected chi connectivity index (χ4v) is 1.55. The molecule has 0 radical (unpaired) electrons. The molecule has 0 saturated heterocycles. The van der Waals surface area contributed by atoms with E-state index in [1.54, 1.807) is 7.11 Å². The molecule has 0 fully saturated rings. The van der Waals surface area contributed by atoms with Crippen molar-refractivity contribution in [2.45, 2.75) is 25.7 Å². The summed E-state index contributed by atoms with van der Waals surface area (Å²) in [5.74, 6) is 1.00. The molecule has 0 aliphatic rings. The summed E-state index contributed by atoms with van der Waals surface area (Å²) >= 11 is 0. The largest absolute Gasteiger partial charge is 0.496 e. The average Bonchev–Trinajstić information content (AvgIpc) is 2.25. The Morgan fingerprint density at radius 3 is 2.64 bits per heavy atom. The summed E-state index contributed by atoms with van der Waals surface area (Å²) in [5.41, 5.74) is 6.74. The Kier molecular flexibility index (Phi) is 5.08. The summed E-state index contributed by atoms with van der Waals surface area (Å²) in [6, 6.07) is 8.20. The number of rotatable bonds is 6. The lowest BCUT2D eigenvalue weighted by atomic mass is 10.1. The van der Waals surface area contributed by atoms with Crippen molar-refractivity contribution >= 4 is 0 Å². The van der Waals surface area contributed by atoms with Crippen LogP contribution in [0.2, 0.25) is 0 Å². The van der Waals surface area contributed by atoms with Crippen LogP contribution in [0, 0.1) is 0 Å². The Hall–Kier alpha value is -1.02. The van der Waals surface area contributed by atoms with Crippen LogP contribution in [0.5, 0.6) is 5.75 Å². The minimum atomic E-state index is 0.798. The molecule has 0 aliphatic heterocycles. The number of benzene rings is 1. The van der Waals surface area contributed by atoms with Gasteiger partial charge in [-0.05, 0) is 37.4 Å². The lowest BCUT2D eigenvalue weighted by molar-refractivity contribution is 0.409. The second kappa shape index (κ2) is 6.44. The molecule has 0 aromatic heterocycles. The standard InChI is InChI=1S/C12H19NO/c1-14-12-9-5-4-8-11(12)7-3-2-6-10-13/h4-5,8-9H,2-3,6-7,10,13H2,1H3. The smallest absolute Gasteiger partial charge is 0.122 e. The second-order valence-electron chi connectivity index (χ2n) is 3.41. The van der Waals surface area contributed by atoms with Crippen LogP contribution in [0.4, 0.5) is 0 Å². The second-order valence-corrected chi connectivity index (χ2v) is 3.41. The molecule has 1 aromatic carbocycles.